The summed E-state index contributed by atoms with van der Waals surface area (Å²) in [4.78, 5) is 12.5. The smallest absolute Gasteiger partial charge is 0.242 e. The van der Waals surface area contributed by atoms with Crippen LogP contribution in [-0.4, -0.2) is 30.8 Å². The molecule has 0 bridgehead atoms. The number of ether oxygens (including phenoxy) is 2. The molecule has 1 aliphatic rings. The molecule has 0 aliphatic carbocycles. The molecule has 0 saturated heterocycles. The van der Waals surface area contributed by atoms with Crippen molar-refractivity contribution in [2.75, 3.05) is 14.2 Å². The van der Waals surface area contributed by atoms with E-state index in [-0.39, 0.29) is 11.9 Å². The average Bonchev–Trinajstić information content (AvgIpc) is 3.12. The van der Waals surface area contributed by atoms with Crippen molar-refractivity contribution in [1.29, 1.82) is 0 Å². The molecule has 0 fully saturated rings. The Hall–Kier alpha value is -2.82. The summed E-state index contributed by atoms with van der Waals surface area (Å²) in [6.07, 6.45) is 1.08. The van der Waals surface area contributed by atoms with E-state index in [4.69, 9.17) is 9.47 Å². The van der Waals surface area contributed by atoms with Crippen LogP contribution in [0.4, 0.5) is 0 Å². The lowest BCUT2D eigenvalue weighted by Gasteiger charge is -2.22. The van der Waals surface area contributed by atoms with Crippen molar-refractivity contribution in [1.82, 2.24) is 5.01 Å². The van der Waals surface area contributed by atoms with Crippen molar-refractivity contribution in [3.8, 4) is 11.5 Å². The number of nitrogens with zero attached hydrogens (tertiary/aromatic N) is 2. The monoisotopic (exact) mass is 352 g/mol. The fourth-order valence-corrected chi connectivity index (χ4v) is 3.22. The predicted molar refractivity (Wildman–Crippen MR) is 102 cm³/mol. The number of amides is 1. The minimum Gasteiger partial charge on any atom is -0.493 e. The largest absolute Gasteiger partial charge is 0.493 e. The molecule has 5 nitrogen and oxygen atoms in total. The SMILES string of the molecule is CCC(=O)N1N=C(c2cccc(C)c2)C[C@@H]1c1ccc(OC)c(OC)c1. The summed E-state index contributed by atoms with van der Waals surface area (Å²) in [6, 6.07) is 13.8. The van der Waals surface area contributed by atoms with Gasteiger partial charge in [-0.3, -0.25) is 4.79 Å². The highest BCUT2D eigenvalue weighted by molar-refractivity contribution is 6.03. The van der Waals surface area contributed by atoms with Crippen LogP contribution in [0.5, 0.6) is 11.5 Å². The number of benzene rings is 2. The van der Waals surface area contributed by atoms with Gasteiger partial charge in [0.05, 0.1) is 26.0 Å². The van der Waals surface area contributed by atoms with E-state index in [2.05, 4.69) is 24.2 Å². The van der Waals surface area contributed by atoms with Crippen LogP contribution < -0.4 is 9.47 Å². The Bertz CT molecular complexity index is 845. The molecule has 136 valence electrons. The van der Waals surface area contributed by atoms with Crippen molar-refractivity contribution in [2.24, 2.45) is 5.10 Å². The minimum absolute atomic E-state index is 0.00689. The molecule has 5 heteroatoms. The van der Waals surface area contributed by atoms with Gasteiger partial charge >= 0.3 is 0 Å². The molecule has 1 aliphatic heterocycles. The van der Waals surface area contributed by atoms with Gasteiger partial charge in [0.25, 0.3) is 0 Å². The maximum Gasteiger partial charge on any atom is 0.242 e. The highest BCUT2D eigenvalue weighted by atomic mass is 16.5. The topological polar surface area (TPSA) is 51.1 Å². The Morgan fingerprint density at radius 2 is 1.92 bits per heavy atom. The Morgan fingerprint density at radius 1 is 1.15 bits per heavy atom. The fourth-order valence-electron chi connectivity index (χ4n) is 3.22. The quantitative estimate of drug-likeness (QED) is 0.814. The molecule has 0 unspecified atom stereocenters. The number of hydrogen-bond donors (Lipinski definition) is 0. The Morgan fingerprint density at radius 3 is 2.58 bits per heavy atom. The summed E-state index contributed by atoms with van der Waals surface area (Å²) in [5, 5.41) is 6.26. The van der Waals surface area contributed by atoms with Crippen molar-refractivity contribution in [3.05, 3.63) is 59.2 Å². The second kappa shape index (κ2) is 7.60. The lowest BCUT2D eigenvalue weighted by molar-refractivity contribution is -0.132. The van der Waals surface area contributed by atoms with Crippen LogP contribution in [-0.2, 0) is 4.79 Å². The van der Waals surface area contributed by atoms with E-state index >= 15 is 0 Å². The molecule has 1 heterocycles. The van der Waals surface area contributed by atoms with E-state index in [1.165, 1.54) is 5.56 Å². The highest BCUT2D eigenvalue weighted by Crippen LogP contribution is 2.37. The van der Waals surface area contributed by atoms with Gasteiger partial charge in [-0.15, -0.1) is 0 Å². The van der Waals surface area contributed by atoms with E-state index in [9.17, 15) is 4.79 Å². The molecule has 0 radical (unpaired) electrons. The summed E-state index contributed by atoms with van der Waals surface area (Å²) in [5.74, 6) is 1.33. The lowest BCUT2D eigenvalue weighted by Crippen LogP contribution is -2.26. The second-order valence-corrected chi connectivity index (χ2v) is 6.34. The summed E-state index contributed by atoms with van der Waals surface area (Å²) in [6.45, 7) is 3.91. The number of carbonyl (C=O) groups excluding carboxylic acids is 1. The summed E-state index contributed by atoms with van der Waals surface area (Å²) in [5.41, 5.74) is 4.14. The first-order valence-corrected chi connectivity index (χ1v) is 8.75. The van der Waals surface area contributed by atoms with Gasteiger partial charge in [0.15, 0.2) is 11.5 Å². The van der Waals surface area contributed by atoms with E-state index in [1.807, 2.05) is 37.3 Å². The van der Waals surface area contributed by atoms with Gasteiger partial charge in [0.2, 0.25) is 5.91 Å². The van der Waals surface area contributed by atoms with Crippen LogP contribution in [0.3, 0.4) is 0 Å². The Balaban J connectivity index is 1.98. The average molecular weight is 352 g/mol. The van der Waals surface area contributed by atoms with E-state index < -0.39 is 0 Å². The zero-order valence-electron chi connectivity index (χ0n) is 15.7. The molecular weight excluding hydrogens is 328 g/mol. The first-order chi connectivity index (χ1) is 12.6. The summed E-state index contributed by atoms with van der Waals surface area (Å²) >= 11 is 0. The Labute approximate surface area is 154 Å². The maximum absolute atomic E-state index is 12.5. The van der Waals surface area contributed by atoms with E-state index in [1.54, 1.807) is 19.2 Å². The molecule has 0 N–H and O–H groups in total. The molecule has 0 spiro atoms. The van der Waals surface area contributed by atoms with Crippen LogP contribution in [0.15, 0.2) is 47.6 Å². The number of methoxy groups -OCH3 is 2. The van der Waals surface area contributed by atoms with Crippen LogP contribution in [0.25, 0.3) is 0 Å². The molecule has 0 aromatic heterocycles. The lowest BCUT2D eigenvalue weighted by atomic mass is 9.97. The summed E-state index contributed by atoms with van der Waals surface area (Å²) in [7, 11) is 3.22. The number of hydrogen-bond acceptors (Lipinski definition) is 4. The third-order valence-corrected chi connectivity index (χ3v) is 4.61. The molecule has 2 aromatic carbocycles. The molecule has 0 saturated carbocycles. The van der Waals surface area contributed by atoms with Crippen molar-refractivity contribution >= 4 is 11.6 Å². The Kier molecular flexibility index (Phi) is 5.26. The van der Waals surface area contributed by atoms with Crippen LogP contribution in [0, 0.1) is 6.92 Å². The van der Waals surface area contributed by atoms with E-state index in [0.29, 0.717) is 24.3 Å². The normalized spacial score (nSPS) is 16.4. The molecular formula is C21H24N2O3. The number of aryl methyl sites for hydroxylation is 1. The van der Waals surface area contributed by atoms with Gasteiger partial charge in [-0.25, -0.2) is 5.01 Å². The maximum atomic E-state index is 12.5. The van der Waals surface area contributed by atoms with E-state index in [0.717, 1.165) is 16.8 Å². The highest BCUT2D eigenvalue weighted by Gasteiger charge is 2.32. The molecule has 3 rings (SSSR count). The molecule has 1 amide bonds. The molecule has 1 atom stereocenters. The van der Waals surface area contributed by atoms with Gasteiger partial charge in [-0.2, -0.15) is 5.10 Å². The van der Waals surface area contributed by atoms with Gasteiger partial charge in [-0.05, 0) is 30.2 Å². The fraction of sp³-hybridized carbons (Fsp3) is 0.333. The minimum atomic E-state index is -0.141. The first-order valence-electron chi connectivity index (χ1n) is 8.75. The number of rotatable bonds is 5. The van der Waals surface area contributed by atoms with Crippen molar-refractivity contribution < 1.29 is 14.3 Å². The van der Waals surface area contributed by atoms with Crippen molar-refractivity contribution in [3.63, 3.8) is 0 Å². The number of hydrazone groups is 1. The second-order valence-electron chi connectivity index (χ2n) is 6.34. The number of carbonyl (C=O) groups is 1. The van der Waals surface area contributed by atoms with Crippen LogP contribution in [0.2, 0.25) is 0 Å². The third-order valence-electron chi connectivity index (χ3n) is 4.61. The first kappa shape index (κ1) is 18.0. The predicted octanol–water partition coefficient (Wildman–Crippen LogP) is 4.10. The molecule has 26 heavy (non-hydrogen) atoms. The standard InChI is InChI=1S/C21H24N2O3/c1-5-21(24)23-18(16-9-10-19(25-3)20(12-16)26-4)13-17(22-23)15-8-6-7-14(2)11-15/h6-12,18H,5,13H2,1-4H3/t18-/m1/s1. The van der Waals surface area contributed by atoms with Gasteiger partial charge in [0.1, 0.15) is 0 Å². The van der Waals surface area contributed by atoms with Crippen molar-refractivity contribution in [2.45, 2.75) is 32.7 Å². The zero-order valence-corrected chi connectivity index (χ0v) is 15.7. The zero-order chi connectivity index (χ0) is 18.7. The van der Waals surface area contributed by atoms with Gasteiger partial charge < -0.3 is 9.47 Å². The third kappa shape index (κ3) is 3.43. The van der Waals surface area contributed by atoms with Crippen LogP contribution >= 0.6 is 0 Å². The van der Waals surface area contributed by atoms with Gasteiger partial charge in [-0.1, -0.05) is 42.8 Å². The van der Waals surface area contributed by atoms with Crippen LogP contribution in [0.1, 0.15) is 42.5 Å². The molecule has 2 aromatic rings. The summed E-state index contributed by atoms with van der Waals surface area (Å²) < 4.78 is 10.7. The van der Waals surface area contributed by atoms with Gasteiger partial charge in [0, 0.05) is 12.8 Å².